The second kappa shape index (κ2) is 8.33. The van der Waals surface area contributed by atoms with E-state index in [9.17, 15) is 9.59 Å². The molecule has 0 saturated heterocycles. The zero-order valence-corrected chi connectivity index (χ0v) is 15.1. The van der Waals surface area contributed by atoms with Crippen LogP contribution in [0.2, 0.25) is 0 Å². The van der Waals surface area contributed by atoms with Crippen molar-refractivity contribution in [3.8, 4) is 5.75 Å². The quantitative estimate of drug-likeness (QED) is 0.879. The summed E-state index contributed by atoms with van der Waals surface area (Å²) in [6, 6.07) is 12.9. The lowest BCUT2D eigenvalue weighted by atomic mass is 10.1. The van der Waals surface area contributed by atoms with E-state index in [0.29, 0.717) is 24.4 Å². The van der Waals surface area contributed by atoms with Crippen molar-refractivity contribution in [3.05, 3.63) is 59.2 Å². The molecule has 2 aromatic carbocycles. The fourth-order valence-corrected chi connectivity index (χ4v) is 2.68. The molecule has 0 saturated carbocycles. The van der Waals surface area contributed by atoms with E-state index in [0.717, 1.165) is 16.8 Å². The molecular weight excluding hydrogens is 316 g/mol. The van der Waals surface area contributed by atoms with Gasteiger partial charge in [0.2, 0.25) is 5.91 Å². The fourth-order valence-electron chi connectivity index (χ4n) is 2.68. The smallest absolute Gasteiger partial charge is 0.251 e. The number of rotatable bonds is 6. The highest BCUT2D eigenvalue weighted by Gasteiger charge is 2.14. The zero-order chi connectivity index (χ0) is 18.4. The van der Waals surface area contributed by atoms with Gasteiger partial charge in [0.15, 0.2) is 0 Å². The van der Waals surface area contributed by atoms with Gasteiger partial charge in [0, 0.05) is 31.3 Å². The molecule has 2 amide bonds. The molecule has 132 valence electrons. The summed E-state index contributed by atoms with van der Waals surface area (Å²) in [5, 5.41) is 2.85. The molecule has 0 unspecified atom stereocenters. The maximum Gasteiger partial charge on any atom is 0.251 e. The van der Waals surface area contributed by atoms with Gasteiger partial charge in [-0.3, -0.25) is 9.59 Å². The summed E-state index contributed by atoms with van der Waals surface area (Å²) in [6.45, 7) is 6.32. The minimum absolute atomic E-state index is 0.0503. The number of carbonyl (C=O) groups excluding carboxylic acids is 2. The molecule has 2 rings (SSSR count). The van der Waals surface area contributed by atoms with Crippen LogP contribution in [0.25, 0.3) is 0 Å². The van der Waals surface area contributed by atoms with Crippen molar-refractivity contribution in [2.45, 2.75) is 20.8 Å². The third kappa shape index (κ3) is 4.83. The SMILES string of the molecule is COc1ccc(C(=O)NCCN(C(C)=O)c2ccc(C)cc2C)cc1. The minimum atomic E-state index is -0.174. The number of methoxy groups -OCH3 is 1. The van der Waals surface area contributed by atoms with E-state index >= 15 is 0 Å². The highest BCUT2D eigenvalue weighted by Crippen LogP contribution is 2.21. The lowest BCUT2D eigenvalue weighted by Gasteiger charge is -2.23. The van der Waals surface area contributed by atoms with Crippen LogP contribution in [0.5, 0.6) is 5.75 Å². The molecule has 5 heteroatoms. The molecule has 0 spiro atoms. The van der Waals surface area contributed by atoms with E-state index < -0.39 is 0 Å². The molecule has 0 aliphatic heterocycles. The van der Waals surface area contributed by atoms with Crippen LogP contribution in [0.15, 0.2) is 42.5 Å². The summed E-state index contributed by atoms with van der Waals surface area (Å²) in [7, 11) is 1.58. The molecule has 0 fully saturated rings. The number of hydrogen-bond donors (Lipinski definition) is 1. The molecule has 0 bridgehead atoms. The lowest BCUT2D eigenvalue weighted by molar-refractivity contribution is -0.116. The Morgan fingerprint density at radius 1 is 1.08 bits per heavy atom. The molecule has 0 aromatic heterocycles. The number of amides is 2. The van der Waals surface area contributed by atoms with E-state index in [1.165, 1.54) is 6.92 Å². The maximum atomic E-state index is 12.2. The maximum absolute atomic E-state index is 12.2. The van der Waals surface area contributed by atoms with Crippen LogP contribution < -0.4 is 15.0 Å². The Balaban J connectivity index is 1.99. The molecule has 0 radical (unpaired) electrons. The first-order chi connectivity index (χ1) is 11.9. The number of carbonyl (C=O) groups is 2. The van der Waals surface area contributed by atoms with Crippen molar-refractivity contribution in [2.24, 2.45) is 0 Å². The van der Waals surface area contributed by atoms with Crippen molar-refractivity contribution < 1.29 is 14.3 Å². The van der Waals surface area contributed by atoms with Gasteiger partial charge in [-0.25, -0.2) is 0 Å². The summed E-state index contributed by atoms with van der Waals surface area (Å²) in [6.07, 6.45) is 0. The third-order valence-electron chi connectivity index (χ3n) is 4.00. The molecule has 2 aromatic rings. The van der Waals surface area contributed by atoms with Crippen molar-refractivity contribution in [1.29, 1.82) is 0 Å². The van der Waals surface area contributed by atoms with Crippen molar-refractivity contribution >= 4 is 17.5 Å². The Kier molecular flexibility index (Phi) is 6.17. The van der Waals surface area contributed by atoms with Gasteiger partial charge in [0.1, 0.15) is 5.75 Å². The van der Waals surface area contributed by atoms with E-state index in [-0.39, 0.29) is 11.8 Å². The van der Waals surface area contributed by atoms with Gasteiger partial charge in [0.25, 0.3) is 5.91 Å². The number of ether oxygens (including phenoxy) is 1. The Morgan fingerprint density at radius 3 is 2.32 bits per heavy atom. The van der Waals surface area contributed by atoms with Crippen LogP contribution in [0, 0.1) is 13.8 Å². The van der Waals surface area contributed by atoms with Crippen molar-refractivity contribution in [2.75, 3.05) is 25.1 Å². The topological polar surface area (TPSA) is 58.6 Å². The van der Waals surface area contributed by atoms with Gasteiger partial charge in [-0.15, -0.1) is 0 Å². The third-order valence-corrected chi connectivity index (χ3v) is 4.00. The standard InChI is InChI=1S/C20H24N2O3/c1-14-5-10-19(15(2)13-14)22(16(3)23)12-11-21-20(24)17-6-8-18(25-4)9-7-17/h5-10,13H,11-12H2,1-4H3,(H,21,24). The largest absolute Gasteiger partial charge is 0.497 e. The fraction of sp³-hybridized carbons (Fsp3) is 0.300. The molecule has 5 nitrogen and oxygen atoms in total. The summed E-state index contributed by atoms with van der Waals surface area (Å²) in [5.41, 5.74) is 3.62. The predicted molar refractivity (Wildman–Crippen MR) is 99.3 cm³/mol. The molecular formula is C20H24N2O3. The highest BCUT2D eigenvalue weighted by molar-refractivity contribution is 5.95. The summed E-state index contributed by atoms with van der Waals surface area (Å²) >= 11 is 0. The van der Waals surface area contributed by atoms with Crippen molar-refractivity contribution in [3.63, 3.8) is 0 Å². The predicted octanol–water partition coefficient (Wildman–Crippen LogP) is 3.09. The van der Waals surface area contributed by atoms with E-state index in [1.807, 2.05) is 32.0 Å². The monoisotopic (exact) mass is 340 g/mol. The summed E-state index contributed by atoms with van der Waals surface area (Å²) < 4.78 is 5.08. The first-order valence-electron chi connectivity index (χ1n) is 8.20. The van der Waals surface area contributed by atoms with Gasteiger partial charge in [-0.2, -0.15) is 0 Å². The van der Waals surface area contributed by atoms with Crippen LogP contribution in [-0.4, -0.2) is 32.0 Å². The summed E-state index contributed by atoms with van der Waals surface area (Å²) in [5.74, 6) is 0.478. The lowest BCUT2D eigenvalue weighted by Crippen LogP contribution is -2.37. The van der Waals surface area contributed by atoms with Crippen LogP contribution in [0.4, 0.5) is 5.69 Å². The first kappa shape index (κ1) is 18.5. The van der Waals surface area contributed by atoms with Gasteiger partial charge in [0.05, 0.1) is 7.11 Å². The number of nitrogens with one attached hydrogen (secondary N) is 1. The number of hydrogen-bond acceptors (Lipinski definition) is 3. The van der Waals surface area contributed by atoms with Gasteiger partial charge in [-0.1, -0.05) is 17.7 Å². The van der Waals surface area contributed by atoms with Crippen LogP contribution in [0.3, 0.4) is 0 Å². The Hall–Kier alpha value is -2.82. The molecule has 0 aliphatic carbocycles. The second-order valence-corrected chi connectivity index (χ2v) is 5.94. The van der Waals surface area contributed by atoms with Crippen molar-refractivity contribution in [1.82, 2.24) is 5.32 Å². The van der Waals surface area contributed by atoms with Crippen LogP contribution >= 0.6 is 0 Å². The molecule has 0 aliphatic rings. The average Bonchev–Trinajstić information content (AvgIpc) is 2.59. The number of anilines is 1. The molecule has 0 heterocycles. The molecule has 25 heavy (non-hydrogen) atoms. The van der Waals surface area contributed by atoms with Gasteiger partial charge >= 0.3 is 0 Å². The first-order valence-corrected chi connectivity index (χ1v) is 8.20. The Labute approximate surface area is 148 Å². The van der Waals surface area contributed by atoms with Crippen LogP contribution in [-0.2, 0) is 4.79 Å². The number of aryl methyl sites for hydroxylation is 2. The highest BCUT2D eigenvalue weighted by atomic mass is 16.5. The zero-order valence-electron chi connectivity index (χ0n) is 15.1. The Morgan fingerprint density at radius 2 is 1.76 bits per heavy atom. The molecule has 1 N–H and O–H groups in total. The van der Waals surface area contributed by atoms with E-state index in [2.05, 4.69) is 5.32 Å². The average molecular weight is 340 g/mol. The van der Waals surface area contributed by atoms with E-state index in [4.69, 9.17) is 4.74 Å². The Bertz CT molecular complexity index is 754. The number of nitrogens with zero attached hydrogens (tertiary/aromatic N) is 1. The minimum Gasteiger partial charge on any atom is -0.497 e. The number of benzene rings is 2. The summed E-state index contributed by atoms with van der Waals surface area (Å²) in [4.78, 5) is 25.9. The van der Waals surface area contributed by atoms with Gasteiger partial charge in [-0.05, 0) is 49.7 Å². The normalized spacial score (nSPS) is 10.2. The molecule has 0 atom stereocenters. The van der Waals surface area contributed by atoms with E-state index in [1.54, 1.807) is 36.3 Å². The second-order valence-electron chi connectivity index (χ2n) is 5.94. The van der Waals surface area contributed by atoms with Gasteiger partial charge < -0.3 is 15.0 Å². The van der Waals surface area contributed by atoms with Crippen LogP contribution in [0.1, 0.15) is 28.4 Å².